The number of ketones is 1. The number of hydrogen-bond acceptors (Lipinski definition) is 4. The van der Waals surface area contributed by atoms with Crippen LogP contribution < -0.4 is 5.43 Å². The minimum atomic E-state index is -0.230. The van der Waals surface area contributed by atoms with Crippen molar-refractivity contribution in [3.63, 3.8) is 0 Å². The summed E-state index contributed by atoms with van der Waals surface area (Å²) in [7, 11) is 0. The maximum atomic E-state index is 12.0. The summed E-state index contributed by atoms with van der Waals surface area (Å²) in [6.45, 7) is 8.01. The van der Waals surface area contributed by atoms with Gasteiger partial charge in [0, 0.05) is 40.8 Å². The van der Waals surface area contributed by atoms with Gasteiger partial charge in [0.25, 0.3) is 0 Å². The van der Waals surface area contributed by atoms with E-state index in [9.17, 15) is 9.59 Å². The summed E-state index contributed by atoms with van der Waals surface area (Å²) in [6, 6.07) is 19.8. The second-order valence-corrected chi connectivity index (χ2v) is 11.7. The summed E-state index contributed by atoms with van der Waals surface area (Å²) >= 11 is 5.69. The Kier molecular flexibility index (Phi) is 8.39. The molecule has 0 atom stereocenters. The standard InChI is InChI=1S/C33H36O3S/c1-22-11-17-27-29(19-22)36-30-21-25(34)16-18-28(30)32(27)24-14-12-23(13-15-24)20-26(37)9-7-5-6-8-10-31(35)33(2,3)4/h11-19,21H,5-10,20H2,1-4H3. The Balaban J connectivity index is 1.40. The molecule has 0 bridgehead atoms. The lowest BCUT2D eigenvalue weighted by Crippen LogP contribution is -2.19. The average Bonchev–Trinajstić information content (AvgIpc) is 2.84. The van der Waals surface area contributed by atoms with Gasteiger partial charge in [-0.1, -0.05) is 82.2 Å². The molecule has 2 aliphatic rings. The van der Waals surface area contributed by atoms with Gasteiger partial charge >= 0.3 is 0 Å². The zero-order valence-electron chi connectivity index (χ0n) is 22.4. The van der Waals surface area contributed by atoms with Crippen LogP contribution in [0.3, 0.4) is 0 Å². The number of unbranched alkanes of at least 4 members (excludes halogenated alkanes) is 3. The second kappa shape index (κ2) is 11.5. The molecule has 0 radical (unpaired) electrons. The molecule has 0 unspecified atom stereocenters. The van der Waals surface area contributed by atoms with Gasteiger partial charge in [-0.15, -0.1) is 0 Å². The molecule has 0 fully saturated rings. The summed E-state index contributed by atoms with van der Waals surface area (Å²) in [5, 5.41) is 1.03. The Bertz CT molecular complexity index is 1440. The molecule has 192 valence electrons. The Labute approximate surface area is 225 Å². The molecule has 0 amide bonds. The summed E-state index contributed by atoms with van der Waals surface area (Å²) in [4.78, 5) is 25.1. The Morgan fingerprint density at radius 3 is 2.27 bits per heavy atom. The van der Waals surface area contributed by atoms with Crippen LogP contribution in [0.5, 0.6) is 0 Å². The maximum absolute atomic E-state index is 12.0. The molecule has 1 heterocycles. The highest BCUT2D eigenvalue weighted by Crippen LogP contribution is 2.40. The van der Waals surface area contributed by atoms with E-state index < -0.39 is 0 Å². The number of benzene rings is 3. The van der Waals surface area contributed by atoms with Crippen molar-refractivity contribution in [2.75, 3.05) is 0 Å². The van der Waals surface area contributed by atoms with E-state index >= 15 is 0 Å². The SMILES string of the molecule is Cc1ccc2c(-c3ccc(CC(=S)CCCCCCC(=O)C(C)(C)C)cc3)c3ccc(=O)cc-3oc2c1. The molecule has 4 heteroatoms. The molecule has 0 N–H and O–H groups in total. The highest BCUT2D eigenvalue weighted by atomic mass is 32.1. The van der Waals surface area contributed by atoms with Crippen LogP contribution in [0, 0.1) is 12.3 Å². The van der Waals surface area contributed by atoms with Crippen LogP contribution in [0.15, 0.2) is 69.9 Å². The van der Waals surface area contributed by atoms with Crippen molar-refractivity contribution in [3.8, 4) is 22.5 Å². The van der Waals surface area contributed by atoms with Crippen LogP contribution in [0.25, 0.3) is 33.4 Å². The fraction of sp³-hybridized carbons (Fsp3) is 0.364. The number of thiocarbonyl (C=S) groups is 1. The van der Waals surface area contributed by atoms with Crippen molar-refractivity contribution in [3.05, 3.63) is 82.0 Å². The fourth-order valence-corrected chi connectivity index (χ4v) is 5.04. The van der Waals surface area contributed by atoms with Crippen molar-refractivity contribution < 1.29 is 9.21 Å². The van der Waals surface area contributed by atoms with E-state index in [-0.39, 0.29) is 10.8 Å². The molecule has 0 saturated heterocycles. The largest absolute Gasteiger partial charge is 0.456 e. The van der Waals surface area contributed by atoms with E-state index in [2.05, 4.69) is 36.4 Å². The molecule has 0 spiro atoms. The average molecular weight is 513 g/mol. The number of aryl methyl sites for hydroxylation is 1. The number of Topliss-reactive ketones (excluding diaryl/α,β-unsaturated/α-hetero) is 1. The smallest absolute Gasteiger partial charge is 0.182 e. The van der Waals surface area contributed by atoms with E-state index in [0.717, 1.165) is 76.6 Å². The van der Waals surface area contributed by atoms with Gasteiger partial charge in [0.2, 0.25) is 0 Å². The van der Waals surface area contributed by atoms with Gasteiger partial charge in [0.15, 0.2) is 5.43 Å². The van der Waals surface area contributed by atoms with Crippen molar-refractivity contribution in [2.24, 2.45) is 5.41 Å². The molecular weight excluding hydrogens is 476 g/mol. The lowest BCUT2D eigenvalue weighted by atomic mass is 9.88. The van der Waals surface area contributed by atoms with E-state index in [1.807, 2.05) is 39.8 Å². The molecule has 3 nitrogen and oxygen atoms in total. The topological polar surface area (TPSA) is 47.3 Å². The summed E-state index contributed by atoms with van der Waals surface area (Å²) in [6.07, 6.45) is 6.65. The Hall–Kier alpha value is -3.11. The Morgan fingerprint density at radius 1 is 0.865 bits per heavy atom. The monoisotopic (exact) mass is 512 g/mol. The highest BCUT2D eigenvalue weighted by molar-refractivity contribution is 7.80. The number of carbonyl (C=O) groups is 1. The third-order valence-corrected chi connectivity index (χ3v) is 7.29. The first kappa shape index (κ1) is 26.9. The minimum absolute atomic E-state index is 0.0588. The van der Waals surface area contributed by atoms with Gasteiger partial charge in [-0.25, -0.2) is 0 Å². The molecule has 0 aromatic heterocycles. The number of carbonyl (C=O) groups excluding carboxylic acids is 1. The van der Waals surface area contributed by atoms with Crippen molar-refractivity contribution in [1.29, 1.82) is 0 Å². The first-order chi connectivity index (χ1) is 17.6. The summed E-state index contributed by atoms with van der Waals surface area (Å²) in [5.41, 5.74) is 5.91. The highest BCUT2D eigenvalue weighted by Gasteiger charge is 2.20. The van der Waals surface area contributed by atoms with Gasteiger partial charge in [0.05, 0.1) is 0 Å². The lowest BCUT2D eigenvalue weighted by Gasteiger charge is -2.16. The Morgan fingerprint density at radius 2 is 1.57 bits per heavy atom. The van der Waals surface area contributed by atoms with Crippen LogP contribution >= 0.6 is 12.2 Å². The first-order valence-electron chi connectivity index (χ1n) is 13.2. The van der Waals surface area contributed by atoms with E-state index in [4.69, 9.17) is 16.6 Å². The first-order valence-corrected chi connectivity index (χ1v) is 13.6. The van der Waals surface area contributed by atoms with Gasteiger partial charge < -0.3 is 4.42 Å². The molecule has 1 aliphatic heterocycles. The summed E-state index contributed by atoms with van der Waals surface area (Å²) < 4.78 is 6.10. The molecular formula is C33H36O3S. The molecule has 4 rings (SSSR count). The van der Waals surface area contributed by atoms with E-state index in [0.29, 0.717) is 18.0 Å². The molecule has 37 heavy (non-hydrogen) atoms. The van der Waals surface area contributed by atoms with Gasteiger partial charge in [-0.3, -0.25) is 9.59 Å². The van der Waals surface area contributed by atoms with Crippen molar-refractivity contribution in [1.82, 2.24) is 0 Å². The molecule has 0 saturated carbocycles. The number of rotatable bonds is 10. The second-order valence-electron chi connectivity index (χ2n) is 11.1. The third kappa shape index (κ3) is 6.81. The van der Waals surface area contributed by atoms with Crippen LogP contribution in [0.1, 0.15) is 70.4 Å². The van der Waals surface area contributed by atoms with E-state index in [1.165, 1.54) is 5.56 Å². The van der Waals surface area contributed by atoms with Gasteiger partial charge in [-0.2, -0.15) is 0 Å². The predicted molar refractivity (Wildman–Crippen MR) is 158 cm³/mol. The molecule has 1 aliphatic carbocycles. The zero-order valence-corrected chi connectivity index (χ0v) is 23.2. The van der Waals surface area contributed by atoms with Crippen LogP contribution in [0.2, 0.25) is 0 Å². The van der Waals surface area contributed by atoms with E-state index in [1.54, 1.807) is 12.1 Å². The molecule has 2 aromatic carbocycles. The van der Waals surface area contributed by atoms with Crippen LogP contribution in [-0.4, -0.2) is 10.6 Å². The predicted octanol–water partition coefficient (Wildman–Crippen LogP) is 8.74. The zero-order chi connectivity index (χ0) is 26.6. The van der Waals surface area contributed by atoms with Crippen LogP contribution in [0.4, 0.5) is 0 Å². The lowest BCUT2D eigenvalue weighted by molar-refractivity contribution is -0.126. The minimum Gasteiger partial charge on any atom is -0.456 e. The van der Waals surface area contributed by atoms with Gasteiger partial charge in [0.1, 0.15) is 17.1 Å². The quantitative estimate of drug-likeness (QED) is 0.121. The fourth-order valence-electron chi connectivity index (χ4n) is 4.73. The maximum Gasteiger partial charge on any atom is 0.182 e. The number of fused-ring (bicyclic) bond motifs is 2. The van der Waals surface area contributed by atoms with Crippen molar-refractivity contribution in [2.45, 2.75) is 72.6 Å². The number of hydrogen-bond donors (Lipinski definition) is 0. The van der Waals surface area contributed by atoms with Gasteiger partial charge in [-0.05, 0) is 65.9 Å². The van der Waals surface area contributed by atoms with Crippen LogP contribution in [-0.2, 0) is 11.2 Å². The summed E-state index contributed by atoms with van der Waals surface area (Å²) in [5.74, 6) is 0.955. The normalized spacial score (nSPS) is 11.8. The third-order valence-electron chi connectivity index (χ3n) is 6.94. The van der Waals surface area contributed by atoms with Crippen molar-refractivity contribution >= 4 is 33.8 Å². The molecule has 2 aromatic rings.